The number of carbonyl (C=O) groups is 1. The first-order chi connectivity index (χ1) is 11.6. The zero-order valence-corrected chi connectivity index (χ0v) is 15.5. The second kappa shape index (κ2) is 9.62. The number of ether oxygens (including phenoxy) is 1. The van der Waals surface area contributed by atoms with Gasteiger partial charge in [-0.05, 0) is 55.4 Å². The first-order valence-electron chi connectivity index (χ1n) is 8.78. The van der Waals surface area contributed by atoms with Gasteiger partial charge in [-0.3, -0.25) is 4.79 Å². The van der Waals surface area contributed by atoms with Gasteiger partial charge in [-0.15, -0.1) is 0 Å². The number of hydrogen-bond acceptors (Lipinski definition) is 3. The van der Waals surface area contributed by atoms with Crippen molar-refractivity contribution >= 4 is 23.3 Å². The second-order valence-electron chi connectivity index (χ2n) is 6.34. The van der Waals surface area contributed by atoms with Gasteiger partial charge in [0.2, 0.25) is 0 Å². The Morgan fingerprint density at radius 3 is 2.92 bits per heavy atom. The van der Waals surface area contributed by atoms with Gasteiger partial charge in [0.05, 0.1) is 13.2 Å². The van der Waals surface area contributed by atoms with Crippen molar-refractivity contribution < 1.29 is 9.53 Å². The molecule has 0 bridgehead atoms. The highest BCUT2D eigenvalue weighted by atomic mass is 32.1. The summed E-state index contributed by atoms with van der Waals surface area (Å²) in [4.78, 5) is 13.2. The fourth-order valence-electron chi connectivity index (χ4n) is 3.27. The molecule has 132 valence electrons. The lowest BCUT2D eigenvalue weighted by molar-refractivity contribution is -0.140. The number of benzene rings is 1. The van der Waals surface area contributed by atoms with Crippen LogP contribution in [0.5, 0.6) is 0 Å². The highest BCUT2D eigenvalue weighted by Crippen LogP contribution is 2.33. The minimum atomic E-state index is -0.130. The van der Waals surface area contributed by atoms with Gasteiger partial charge in [0.25, 0.3) is 0 Å². The molecule has 4 nitrogen and oxygen atoms in total. The van der Waals surface area contributed by atoms with Crippen LogP contribution in [0.25, 0.3) is 0 Å². The van der Waals surface area contributed by atoms with Crippen molar-refractivity contribution in [2.45, 2.75) is 51.0 Å². The molecular weight excluding hydrogens is 320 g/mol. The molecule has 1 N–H and O–H groups in total. The molecule has 1 aromatic carbocycles. The summed E-state index contributed by atoms with van der Waals surface area (Å²) in [7, 11) is 3.51. The van der Waals surface area contributed by atoms with Crippen LogP contribution in [0.4, 0.5) is 0 Å². The average molecular weight is 349 g/mol. The second-order valence-corrected chi connectivity index (χ2v) is 6.72. The predicted octanol–water partition coefficient (Wildman–Crippen LogP) is 3.60. The van der Waals surface area contributed by atoms with E-state index in [0.29, 0.717) is 12.5 Å². The van der Waals surface area contributed by atoms with E-state index in [4.69, 9.17) is 12.2 Å². The van der Waals surface area contributed by atoms with Gasteiger partial charge in [-0.2, -0.15) is 0 Å². The van der Waals surface area contributed by atoms with E-state index < -0.39 is 0 Å². The number of thiocarbonyl (C=S) groups is 1. The number of carbonyl (C=O) groups excluding carboxylic acids is 1. The molecule has 0 heterocycles. The highest BCUT2D eigenvalue weighted by Gasteiger charge is 2.24. The molecule has 0 unspecified atom stereocenters. The Balaban J connectivity index is 1.74. The quantitative estimate of drug-likeness (QED) is 0.463. The van der Waals surface area contributed by atoms with Crippen LogP contribution < -0.4 is 5.32 Å². The molecule has 0 saturated heterocycles. The Morgan fingerprint density at radius 2 is 2.12 bits per heavy atom. The maximum absolute atomic E-state index is 11.1. The molecule has 1 aliphatic rings. The van der Waals surface area contributed by atoms with Gasteiger partial charge in [-0.25, -0.2) is 0 Å². The van der Waals surface area contributed by atoms with Crippen LogP contribution in [-0.4, -0.2) is 36.7 Å². The SMILES string of the molecule is COC(=O)CCCCCNC(=S)N(C)[C@@H]1CCCc2ccccc21. The lowest BCUT2D eigenvalue weighted by Crippen LogP contribution is -2.40. The molecule has 24 heavy (non-hydrogen) atoms. The van der Waals surface area contributed by atoms with Crippen LogP contribution in [0.2, 0.25) is 0 Å². The topological polar surface area (TPSA) is 41.6 Å². The number of nitrogens with one attached hydrogen (secondary N) is 1. The average Bonchev–Trinajstić information content (AvgIpc) is 2.62. The van der Waals surface area contributed by atoms with E-state index in [1.807, 2.05) is 0 Å². The Bertz CT molecular complexity index is 562. The molecule has 0 spiro atoms. The van der Waals surface area contributed by atoms with E-state index in [-0.39, 0.29) is 5.97 Å². The van der Waals surface area contributed by atoms with Crippen LogP contribution in [0.15, 0.2) is 24.3 Å². The summed E-state index contributed by atoms with van der Waals surface area (Å²) in [5, 5.41) is 4.16. The summed E-state index contributed by atoms with van der Waals surface area (Å²) in [6.07, 6.45) is 6.90. The monoisotopic (exact) mass is 348 g/mol. The van der Waals surface area contributed by atoms with E-state index >= 15 is 0 Å². The number of rotatable bonds is 7. The van der Waals surface area contributed by atoms with Crippen LogP contribution in [0, 0.1) is 0 Å². The van der Waals surface area contributed by atoms with Gasteiger partial charge in [-0.1, -0.05) is 30.7 Å². The number of hydrogen-bond donors (Lipinski definition) is 1. The number of nitrogens with zero attached hydrogens (tertiary/aromatic N) is 1. The van der Waals surface area contributed by atoms with Crippen molar-refractivity contribution in [3.05, 3.63) is 35.4 Å². The Morgan fingerprint density at radius 1 is 1.33 bits per heavy atom. The van der Waals surface area contributed by atoms with Crippen molar-refractivity contribution in [2.75, 3.05) is 20.7 Å². The van der Waals surface area contributed by atoms with Crippen LogP contribution in [0.1, 0.15) is 55.7 Å². The molecule has 5 heteroatoms. The van der Waals surface area contributed by atoms with E-state index in [9.17, 15) is 4.79 Å². The van der Waals surface area contributed by atoms with E-state index in [1.165, 1.54) is 31.1 Å². The molecule has 0 amide bonds. The van der Waals surface area contributed by atoms with Gasteiger partial charge < -0.3 is 15.0 Å². The summed E-state index contributed by atoms with van der Waals surface area (Å²) < 4.78 is 4.64. The van der Waals surface area contributed by atoms with E-state index in [2.05, 4.69) is 46.3 Å². The van der Waals surface area contributed by atoms with Gasteiger partial charge in [0.1, 0.15) is 0 Å². The molecule has 0 aliphatic heterocycles. The number of aryl methyl sites for hydroxylation is 1. The standard InChI is InChI=1S/C19H28N2O2S/c1-21(17-12-8-10-15-9-5-6-11-16(15)17)19(24)20-14-7-3-4-13-18(22)23-2/h5-6,9,11,17H,3-4,7-8,10,12-14H2,1-2H3,(H,20,24)/t17-/m1/s1. The predicted molar refractivity (Wildman–Crippen MR) is 101 cm³/mol. The summed E-state index contributed by atoms with van der Waals surface area (Å²) in [5.41, 5.74) is 2.86. The minimum absolute atomic E-state index is 0.130. The van der Waals surface area contributed by atoms with Crippen molar-refractivity contribution in [1.29, 1.82) is 0 Å². The largest absolute Gasteiger partial charge is 0.469 e. The van der Waals surface area contributed by atoms with Crippen molar-refractivity contribution in [2.24, 2.45) is 0 Å². The minimum Gasteiger partial charge on any atom is -0.469 e. The van der Waals surface area contributed by atoms with Crippen LogP contribution >= 0.6 is 12.2 Å². The summed E-state index contributed by atoms with van der Waals surface area (Å²) in [6.45, 7) is 0.846. The third kappa shape index (κ3) is 5.20. The number of unbranched alkanes of at least 4 members (excludes halogenated alkanes) is 2. The normalized spacial score (nSPS) is 16.2. The lowest BCUT2D eigenvalue weighted by Gasteiger charge is -2.35. The van der Waals surface area contributed by atoms with Gasteiger partial charge in [0, 0.05) is 20.0 Å². The molecule has 1 atom stereocenters. The zero-order chi connectivity index (χ0) is 17.4. The van der Waals surface area contributed by atoms with Crippen molar-refractivity contribution in [3.63, 3.8) is 0 Å². The maximum atomic E-state index is 11.1. The zero-order valence-electron chi connectivity index (χ0n) is 14.7. The maximum Gasteiger partial charge on any atom is 0.305 e. The molecule has 0 aromatic heterocycles. The van der Waals surface area contributed by atoms with E-state index in [1.54, 1.807) is 0 Å². The fourth-order valence-corrected chi connectivity index (χ4v) is 3.49. The molecule has 1 aliphatic carbocycles. The van der Waals surface area contributed by atoms with Gasteiger partial charge in [0.15, 0.2) is 5.11 Å². The first-order valence-corrected chi connectivity index (χ1v) is 9.19. The third-order valence-electron chi connectivity index (χ3n) is 4.69. The molecule has 2 rings (SSSR count). The smallest absolute Gasteiger partial charge is 0.305 e. The highest BCUT2D eigenvalue weighted by molar-refractivity contribution is 7.80. The molecular formula is C19H28N2O2S. The molecule has 1 aromatic rings. The fraction of sp³-hybridized carbons (Fsp3) is 0.579. The summed E-state index contributed by atoms with van der Waals surface area (Å²) in [6, 6.07) is 9.06. The van der Waals surface area contributed by atoms with Crippen LogP contribution in [-0.2, 0) is 16.0 Å². The van der Waals surface area contributed by atoms with Crippen molar-refractivity contribution in [1.82, 2.24) is 10.2 Å². The molecule has 0 saturated carbocycles. The Kier molecular flexibility index (Phi) is 7.50. The molecule has 0 radical (unpaired) electrons. The molecule has 0 fully saturated rings. The Labute approximate surface area is 150 Å². The first kappa shape index (κ1) is 18.7. The third-order valence-corrected chi connectivity index (χ3v) is 5.12. The van der Waals surface area contributed by atoms with Gasteiger partial charge >= 0.3 is 5.97 Å². The van der Waals surface area contributed by atoms with E-state index in [0.717, 1.165) is 37.3 Å². The number of fused-ring (bicyclic) bond motifs is 1. The summed E-state index contributed by atoms with van der Waals surface area (Å²) >= 11 is 5.57. The van der Waals surface area contributed by atoms with Crippen LogP contribution in [0.3, 0.4) is 0 Å². The Hall–Kier alpha value is -1.62. The lowest BCUT2D eigenvalue weighted by atomic mass is 9.87. The van der Waals surface area contributed by atoms with Crippen molar-refractivity contribution in [3.8, 4) is 0 Å². The number of esters is 1. The number of methoxy groups -OCH3 is 1. The summed E-state index contributed by atoms with van der Waals surface area (Å²) in [5.74, 6) is -0.130.